The van der Waals surface area contributed by atoms with E-state index in [1.54, 1.807) is 4.68 Å². The van der Waals surface area contributed by atoms with Gasteiger partial charge in [-0.2, -0.15) is 5.10 Å². The molecule has 2 aliphatic rings. The van der Waals surface area contributed by atoms with Crippen molar-refractivity contribution < 1.29 is 4.79 Å². The number of rotatable bonds is 4. The van der Waals surface area contributed by atoms with E-state index in [4.69, 9.17) is 0 Å². The molecule has 6 nitrogen and oxygen atoms in total. The van der Waals surface area contributed by atoms with Gasteiger partial charge in [0.25, 0.3) is 0 Å². The summed E-state index contributed by atoms with van der Waals surface area (Å²) >= 11 is 0. The average Bonchev–Trinajstić information content (AvgIpc) is 3.35. The fraction of sp³-hybridized carbons (Fsp3) is 0.474. The topological polar surface area (TPSA) is 62.2 Å². The van der Waals surface area contributed by atoms with Crippen molar-refractivity contribution in [1.29, 1.82) is 0 Å². The molecule has 0 aliphatic carbocycles. The predicted molar refractivity (Wildman–Crippen MR) is 97.5 cm³/mol. The van der Waals surface area contributed by atoms with E-state index in [1.807, 2.05) is 25.5 Å². The number of amides is 1. The first-order valence-corrected chi connectivity index (χ1v) is 9.00. The second-order valence-corrected chi connectivity index (χ2v) is 7.09. The molecule has 6 heteroatoms. The molecule has 0 radical (unpaired) electrons. The van der Waals surface area contributed by atoms with Gasteiger partial charge in [0.15, 0.2) is 0 Å². The molecule has 2 N–H and O–H groups in total. The molecule has 1 aromatic heterocycles. The molecular weight excluding hydrogens is 314 g/mol. The molecule has 25 heavy (non-hydrogen) atoms. The number of nitrogens with one attached hydrogen (secondary N) is 2. The van der Waals surface area contributed by atoms with Crippen LogP contribution in [0.5, 0.6) is 0 Å². The maximum Gasteiger partial charge on any atom is 0.225 e. The van der Waals surface area contributed by atoms with E-state index in [0.717, 1.165) is 38.2 Å². The lowest BCUT2D eigenvalue weighted by Gasteiger charge is -2.21. The molecule has 2 aliphatic heterocycles. The lowest BCUT2D eigenvalue weighted by molar-refractivity contribution is -0.125. The molecule has 0 saturated carbocycles. The van der Waals surface area contributed by atoms with Gasteiger partial charge in [-0.3, -0.25) is 9.48 Å². The van der Waals surface area contributed by atoms with Crippen molar-refractivity contribution in [2.75, 3.05) is 31.1 Å². The summed E-state index contributed by atoms with van der Waals surface area (Å²) < 4.78 is 1.80. The van der Waals surface area contributed by atoms with E-state index in [2.05, 4.69) is 44.9 Å². The molecule has 0 spiro atoms. The molecule has 0 bridgehead atoms. The lowest BCUT2D eigenvalue weighted by atomic mass is 9.90. The van der Waals surface area contributed by atoms with E-state index in [-0.39, 0.29) is 23.8 Å². The van der Waals surface area contributed by atoms with Crippen LogP contribution in [0, 0.1) is 5.92 Å². The zero-order valence-electron chi connectivity index (χ0n) is 14.6. The highest BCUT2D eigenvalue weighted by Crippen LogP contribution is 2.28. The molecular formula is C19H25N5O. The van der Waals surface area contributed by atoms with Crippen LogP contribution in [0.1, 0.15) is 17.9 Å². The Morgan fingerprint density at radius 1 is 1.28 bits per heavy atom. The maximum atomic E-state index is 12.8. The van der Waals surface area contributed by atoms with Gasteiger partial charge >= 0.3 is 0 Å². The Hall–Kier alpha value is -2.34. The first kappa shape index (κ1) is 16.1. The van der Waals surface area contributed by atoms with Crippen LogP contribution in [-0.2, 0) is 11.8 Å². The van der Waals surface area contributed by atoms with Gasteiger partial charge < -0.3 is 15.5 Å². The van der Waals surface area contributed by atoms with E-state index in [0.29, 0.717) is 0 Å². The van der Waals surface area contributed by atoms with Gasteiger partial charge in [-0.1, -0.05) is 18.2 Å². The zero-order chi connectivity index (χ0) is 17.2. The van der Waals surface area contributed by atoms with Crippen molar-refractivity contribution in [3.63, 3.8) is 0 Å². The van der Waals surface area contributed by atoms with Crippen LogP contribution in [0.2, 0.25) is 0 Å². The Labute approximate surface area is 148 Å². The number of carbonyl (C=O) groups excluding carboxylic acids is 1. The lowest BCUT2D eigenvalue weighted by Crippen LogP contribution is -2.42. The second kappa shape index (κ2) is 6.88. The van der Waals surface area contributed by atoms with E-state index in [9.17, 15) is 4.79 Å². The summed E-state index contributed by atoms with van der Waals surface area (Å²) in [5.74, 6) is 0.356. The highest BCUT2D eigenvalue weighted by molar-refractivity contribution is 5.81. The van der Waals surface area contributed by atoms with Gasteiger partial charge in [0.1, 0.15) is 0 Å². The van der Waals surface area contributed by atoms with Crippen LogP contribution in [0.4, 0.5) is 5.69 Å². The van der Waals surface area contributed by atoms with Crippen molar-refractivity contribution in [3.8, 4) is 0 Å². The summed E-state index contributed by atoms with van der Waals surface area (Å²) in [5, 5.41) is 10.9. The van der Waals surface area contributed by atoms with Crippen molar-refractivity contribution in [3.05, 3.63) is 48.3 Å². The molecule has 2 fully saturated rings. The summed E-state index contributed by atoms with van der Waals surface area (Å²) in [6.45, 7) is 3.45. The van der Waals surface area contributed by atoms with Gasteiger partial charge in [0, 0.05) is 57.1 Å². The van der Waals surface area contributed by atoms with Crippen molar-refractivity contribution in [1.82, 2.24) is 20.4 Å². The second-order valence-electron chi connectivity index (χ2n) is 7.09. The molecule has 2 saturated heterocycles. The number of nitrogens with zero attached hydrogens (tertiary/aromatic N) is 3. The van der Waals surface area contributed by atoms with E-state index in [1.165, 1.54) is 5.69 Å². The van der Waals surface area contributed by atoms with E-state index >= 15 is 0 Å². The Morgan fingerprint density at radius 2 is 2.12 bits per heavy atom. The molecule has 4 rings (SSSR count). The van der Waals surface area contributed by atoms with Gasteiger partial charge in [-0.05, 0) is 24.1 Å². The number of aryl methyl sites for hydroxylation is 1. The molecule has 2 aromatic rings. The Morgan fingerprint density at radius 3 is 2.88 bits per heavy atom. The first-order valence-electron chi connectivity index (χ1n) is 9.00. The normalized spacial score (nSPS) is 26.1. The van der Waals surface area contributed by atoms with Crippen LogP contribution < -0.4 is 15.5 Å². The monoisotopic (exact) mass is 339 g/mol. The molecule has 1 aromatic carbocycles. The minimum Gasteiger partial charge on any atom is -0.369 e. The summed E-state index contributed by atoms with van der Waals surface area (Å²) in [4.78, 5) is 15.2. The molecule has 132 valence electrons. The summed E-state index contributed by atoms with van der Waals surface area (Å²) in [6.07, 6.45) is 4.90. The molecule has 3 atom stereocenters. The Kier molecular flexibility index (Phi) is 4.44. The molecule has 1 amide bonds. The minimum atomic E-state index is -0.0185. The van der Waals surface area contributed by atoms with Crippen LogP contribution in [0.15, 0.2) is 42.7 Å². The summed E-state index contributed by atoms with van der Waals surface area (Å²) in [5.41, 5.74) is 2.38. The van der Waals surface area contributed by atoms with Gasteiger partial charge in [-0.15, -0.1) is 0 Å². The number of anilines is 1. The number of aromatic nitrogens is 2. The van der Waals surface area contributed by atoms with Crippen molar-refractivity contribution in [2.45, 2.75) is 18.4 Å². The highest BCUT2D eigenvalue weighted by Gasteiger charge is 2.36. The standard InChI is InChI=1S/C19H25N5O/c1-23-12-14(9-21-23)17-10-20-11-18(17)19(25)22-15-7-8-24(13-15)16-5-3-2-4-6-16/h2-6,9,12,15,17-18,20H,7-8,10-11,13H2,1H3,(H,22,25)/t15?,17-,18+/m1/s1. The third-order valence-corrected chi connectivity index (χ3v) is 5.36. The fourth-order valence-electron chi connectivity index (χ4n) is 4.00. The number of hydrogen-bond donors (Lipinski definition) is 2. The number of para-hydroxylation sites is 1. The molecule has 3 heterocycles. The maximum absolute atomic E-state index is 12.8. The molecule has 1 unspecified atom stereocenters. The number of hydrogen-bond acceptors (Lipinski definition) is 4. The predicted octanol–water partition coefficient (Wildman–Crippen LogP) is 1.12. The van der Waals surface area contributed by atoms with Crippen molar-refractivity contribution in [2.24, 2.45) is 13.0 Å². The minimum absolute atomic E-state index is 0.0185. The quantitative estimate of drug-likeness (QED) is 0.876. The summed E-state index contributed by atoms with van der Waals surface area (Å²) in [7, 11) is 1.91. The zero-order valence-corrected chi connectivity index (χ0v) is 14.6. The van der Waals surface area contributed by atoms with Crippen LogP contribution in [0.25, 0.3) is 0 Å². The van der Waals surface area contributed by atoms with E-state index < -0.39 is 0 Å². The largest absolute Gasteiger partial charge is 0.369 e. The summed E-state index contributed by atoms with van der Waals surface area (Å²) in [6, 6.07) is 10.6. The van der Waals surface area contributed by atoms with Gasteiger partial charge in [-0.25, -0.2) is 0 Å². The third kappa shape index (κ3) is 3.39. The van der Waals surface area contributed by atoms with Crippen LogP contribution in [0.3, 0.4) is 0 Å². The van der Waals surface area contributed by atoms with Gasteiger partial charge in [0.05, 0.1) is 12.1 Å². The smallest absolute Gasteiger partial charge is 0.225 e. The first-order chi connectivity index (χ1) is 12.2. The average molecular weight is 339 g/mol. The SMILES string of the molecule is Cn1cc([C@H]2CNC[C@@H]2C(=O)NC2CCN(c3ccccc3)C2)cn1. The highest BCUT2D eigenvalue weighted by atomic mass is 16.2. The third-order valence-electron chi connectivity index (χ3n) is 5.36. The van der Waals surface area contributed by atoms with Crippen LogP contribution in [-0.4, -0.2) is 47.9 Å². The van der Waals surface area contributed by atoms with Crippen LogP contribution >= 0.6 is 0 Å². The number of carbonyl (C=O) groups is 1. The van der Waals surface area contributed by atoms with Gasteiger partial charge in [0.2, 0.25) is 5.91 Å². The van der Waals surface area contributed by atoms with Crippen molar-refractivity contribution >= 4 is 11.6 Å². The number of benzene rings is 1. The Balaban J connectivity index is 1.37. The fourth-order valence-corrected chi connectivity index (χ4v) is 4.00. The Bertz CT molecular complexity index is 728.